The third-order valence-corrected chi connectivity index (χ3v) is 4.60. The van der Waals surface area contributed by atoms with Gasteiger partial charge in [-0.15, -0.1) is 13.2 Å². The summed E-state index contributed by atoms with van der Waals surface area (Å²) in [4.78, 5) is 0. The molecule has 0 aliphatic rings. The van der Waals surface area contributed by atoms with E-state index in [2.05, 4.69) is 9.84 Å². The highest BCUT2D eigenvalue weighted by molar-refractivity contribution is 5.75. The summed E-state index contributed by atoms with van der Waals surface area (Å²) in [6.45, 7) is 5.69. The van der Waals surface area contributed by atoms with Crippen LogP contribution >= 0.6 is 0 Å². The highest BCUT2D eigenvalue weighted by Gasteiger charge is 2.31. The van der Waals surface area contributed by atoms with Gasteiger partial charge in [0.25, 0.3) is 0 Å². The van der Waals surface area contributed by atoms with Crippen molar-refractivity contribution >= 4 is 11.9 Å². The lowest BCUT2D eigenvalue weighted by Crippen LogP contribution is -2.16. The molecule has 1 aromatic heterocycles. The number of aryl methyl sites for hydroxylation is 1. The number of hydrogen-bond donors (Lipinski definition) is 1. The highest BCUT2D eigenvalue weighted by atomic mass is 19.4. The standard InChI is InChI=1S/C23H22F4N2O2/c1-15-11-19(13-21(24)17-7-9-20(10-8-17)31-23(25,26)27)28-29(15)14-16-5-4-6-18(12-16)22(2,3)30/h4-13,30H,14H2,1-3H3. The molecule has 31 heavy (non-hydrogen) atoms. The van der Waals surface area contributed by atoms with Gasteiger partial charge in [0.1, 0.15) is 11.6 Å². The van der Waals surface area contributed by atoms with Gasteiger partial charge in [-0.25, -0.2) is 4.39 Å². The molecule has 0 atom stereocenters. The van der Waals surface area contributed by atoms with Gasteiger partial charge in [0.15, 0.2) is 0 Å². The first-order valence-electron chi connectivity index (χ1n) is 9.50. The number of nitrogens with zero attached hydrogens (tertiary/aromatic N) is 2. The number of hydrogen-bond acceptors (Lipinski definition) is 3. The zero-order valence-corrected chi connectivity index (χ0v) is 17.2. The number of halogens is 4. The van der Waals surface area contributed by atoms with Crippen molar-refractivity contribution < 1.29 is 27.4 Å². The molecule has 1 N–H and O–H groups in total. The maximum Gasteiger partial charge on any atom is 0.573 e. The molecule has 0 aliphatic carbocycles. The monoisotopic (exact) mass is 434 g/mol. The van der Waals surface area contributed by atoms with Crippen LogP contribution in [0.25, 0.3) is 11.9 Å². The Kier molecular flexibility index (Phi) is 6.22. The van der Waals surface area contributed by atoms with Crippen molar-refractivity contribution in [3.8, 4) is 5.75 Å². The lowest BCUT2D eigenvalue weighted by molar-refractivity contribution is -0.274. The van der Waals surface area contributed by atoms with Crippen molar-refractivity contribution in [2.75, 3.05) is 0 Å². The van der Waals surface area contributed by atoms with Gasteiger partial charge in [-0.2, -0.15) is 5.10 Å². The fourth-order valence-electron chi connectivity index (χ4n) is 3.02. The number of rotatable bonds is 6. The van der Waals surface area contributed by atoms with Crippen LogP contribution in [0.5, 0.6) is 5.75 Å². The van der Waals surface area contributed by atoms with Crippen LogP contribution in [0.1, 0.15) is 41.9 Å². The molecule has 0 aliphatic heterocycles. The van der Waals surface area contributed by atoms with Crippen LogP contribution in [-0.2, 0) is 12.1 Å². The molecule has 0 saturated carbocycles. The Bertz CT molecular complexity index is 1080. The molecule has 164 valence electrons. The van der Waals surface area contributed by atoms with E-state index >= 15 is 0 Å². The summed E-state index contributed by atoms with van der Waals surface area (Å²) in [6, 6.07) is 13.7. The molecule has 0 saturated heterocycles. The Morgan fingerprint density at radius 2 is 1.77 bits per heavy atom. The van der Waals surface area contributed by atoms with Crippen molar-refractivity contribution in [1.82, 2.24) is 9.78 Å². The van der Waals surface area contributed by atoms with Gasteiger partial charge >= 0.3 is 6.36 Å². The topological polar surface area (TPSA) is 47.3 Å². The number of aromatic nitrogens is 2. The van der Waals surface area contributed by atoms with Crippen LogP contribution in [0.15, 0.2) is 54.6 Å². The van der Waals surface area contributed by atoms with Gasteiger partial charge in [-0.1, -0.05) is 24.3 Å². The second-order valence-electron chi connectivity index (χ2n) is 7.69. The van der Waals surface area contributed by atoms with Crippen molar-refractivity contribution in [3.63, 3.8) is 0 Å². The smallest absolute Gasteiger partial charge is 0.406 e. The Morgan fingerprint density at radius 3 is 2.39 bits per heavy atom. The fourth-order valence-corrected chi connectivity index (χ4v) is 3.02. The van der Waals surface area contributed by atoms with E-state index in [4.69, 9.17) is 0 Å². The van der Waals surface area contributed by atoms with E-state index in [-0.39, 0.29) is 5.56 Å². The van der Waals surface area contributed by atoms with E-state index < -0.39 is 23.5 Å². The molecule has 0 fully saturated rings. The Hall–Kier alpha value is -3.13. The summed E-state index contributed by atoms with van der Waals surface area (Å²) in [7, 11) is 0. The van der Waals surface area contributed by atoms with Crippen LogP contribution in [0.3, 0.4) is 0 Å². The van der Waals surface area contributed by atoms with E-state index in [1.165, 1.54) is 18.2 Å². The number of aliphatic hydroxyl groups is 1. The molecule has 0 unspecified atom stereocenters. The Balaban J connectivity index is 1.77. The van der Waals surface area contributed by atoms with Crippen molar-refractivity contribution in [1.29, 1.82) is 0 Å². The predicted molar refractivity (Wildman–Crippen MR) is 110 cm³/mol. The van der Waals surface area contributed by atoms with Gasteiger partial charge < -0.3 is 9.84 Å². The molecule has 3 aromatic rings. The molecule has 0 bridgehead atoms. The van der Waals surface area contributed by atoms with Crippen molar-refractivity contribution in [2.24, 2.45) is 0 Å². The molecular formula is C23H22F4N2O2. The maximum absolute atomic E-state index is 14.6. The van der Waals surface area contributed by atoms with E-state index in [0.29, 0.717) is 12.2 Å². The third kappa shape index (κ3) is 6.18. The molecule has 2 aromatic carbocycles. The molecule has 4 nitrogen and oxygen atoms in total. The molecule has 0 amide bonds. The molecular weight excluding hydrogens is 412 g/mol. The normalized spacial score (nSPS) is 12.8. The van der Waals surface area contributed by atoms with E-state index in [0.717, 1.165) is 29.0 Å². The summed E-state index contributed by atoms with van der Waals surface area (Å²) in [6.07, 6.45) is -3.58. The average Bonchev–Trinajstić information content (AvgIpc) is 2.99. The van der Waals surface area contributed by atoms with Crippen LogP contribution < -0.4 is 4.74 Å². The minimum absolute atomic E-state index is 0.111. The Morgan fingerprint density at radius 1 is 1.10 bits per heavy atom. The zero-order chi connectivity index (χ0) is 22.8. The van der Waals surface area contributed by atoms with Gasteiger partial charge in [-0.3, -0.25) is 4.68 Å². The first-order valence-corrected chi connectivity index (χ1v) is 9.50. The summed E-state index contributed by atoms with van der Waals surface area (Å²) in [5.74, 6) is -1.05. The molecule has 8 heteroatoms. The maximum atomic E-state index is 14.6. The van der Waals surface area contributed by atoms with E-state index in [1.54, 1.807) is 24.6 Å². The first-order chi connectivity index (χ1) is 14.4. The molecule has 0 spiro atoms. The second kappa shape index (κ2) is 8.55. The van der Waals surface area contributed by atoms with E-state index in [1.807, 2.05) is 31.2 Å². The quantitative estimate of drug-likeness (QED) is 0.497. The summed E-state index contributed by atoms with van der Waals surface area (Å²) in [5, 5.41) is 14.6. The largest absolute Gasteiger partial charge is 0.573 e. The van der Waals surface area contributed by atoms with Gasteiger partial charge in [0.2, 0.25) is 0 Å². The number of alkyl halides is 3. The minimum Gasteiger partial charge on any atom is -0.406 e. The SMILES string of the molecule is Cc1cc(C=C(F)c2ccc(OC(F)(F)F)cc2)nn1Cc1cccc(C(C)(C)O)c1. The van der Waals surface area contributed by atoms with Gasteiger partial charge in [0, 0.05) is 17.3 Å². The third-order valence-electron chi connectivity index (χ3n) is 4.60. The van der Waals surface area contributed by atoms with Gasteiger partial charge in [-0.05, 0) is 62.2 Å². The molecule has 3 rings (SSSR count). The summed E-state index contributed by atoms with van der Waals surface area (Å²) < 4.78 is 56.8. The lowest BCUT2D eigenvalue weighted by atomic mass is 9.96. The predicted octanol–water partition coefficient (Wildman–Crippen LogP) is 5.83. The zero-order valence-electron chi connectivity index (χ0n) is 17.2. The fraction of sp³-hybridized carbons (Fsp3) is 0.261. The number of ether oxygens (including phenoxy) is 1. The number of benzene rings is 2. The van der Waals surface area contributed by atoms with Crippen LogP contribution in [0, 0.1) is 6.92 Å². The molecule has 0 radical (unpaired) electrons. The first kappa shape index (κ1) is 22.6. The second-order valence-corrected chi connectivity index (χ2v) is 7.69. The van der Waals surface area contributed by atoms with Gasteiger partial charge in [0.05, 0.1) is 17.8 Å². The molecule has 1 heterocycles. The van der Waals surface area contributed by atoms with Crippen molar-refractivity contribution in [3.05, 3.63) is 82.7 Å². The van der Waals surface area contributed by atoms with Crippen LogP contribution in [-0.4, -0.2) is 21.2 Å². The van der Waals surface area contributed by atoms with Crippen LogP contribution in [0.2, 0.25) is 0 Å². The lowest BCUT2D eigenvalue weighted by Gasteiger charge is -2.18. The van der Waals surface area contributed by atoms with Crippen LogP contribution in [0.4, 0.5) is 17.6 Å². The summed E-state index contributed by atoms with van der Waals surface area (Å²) >= 11 is 0. The average molecular weight is 434 g/mol. The van der Waals surface area contributed by atoms with Crippen molar-refractivity contribution in [2.45, 2.75) is 39.3 Å². The highest BCUT2D eigenvalue weighted by Crippen LogP contribution is 2.26. The van der Waals surface area contributed by atoms with E-state index in [9.17, 15) is 22.7 Å². The summed E-state index contributed by atoms with van der Waals surface area (Å²) in [5.41, 5.74) is 2.04. The minimum atomic E-state index is -4.80. The Labute approximate surface area is 177 Å².